The van der Waals surface area contributed by atoms with E-state index in [1.807, 2.05) is 10.8 Å². The molecule has 0 radical (unpaired) electrons. The Hall–Kier alpha value is -1.36. The Bertz CT molecular complexity index is 328. The Morgan fingerprint density at radius 2 is 2.47 bits per heavy atom. The van der Waals surface area contributed by atoms with Crippen molar-refractivity contribution in [3.63, 3.8) is 0 Å². The molecule has 2 N–H and O–H groups in total. The van der Waals surface area contributed by atoms with Crippen molar-refractivity contribution < 1.29 is 4.79 Å². The highest BCUT2D eigenvalue weighted by Crippen LogP contribution is 2.04. The van der Waals surface area contributed by atoms with Crippen molar-refractivity contribution in [2.24, 2.45) is 0 Å². The molecule has 5 heteroatoms. The fraction of sp³-hybridized carbons (Fsp3) is 0.667. The van der Waals surface area contributed by atoms with Gasteiger partial charge in [-0.05, 0) is 19.4 Å². The molecule has 1 aromatic heterocycles. The molecule has 2 rings (SSSR count). The monoisotopic (exact) mass is 236 g/mol. The van der Waals surface area contributed by atoms with Gasteiger partial charge in [0, 0.05) is 37.9 Å². The number of carbonyl (C=O) groups is 1. The summed E-state index contributed by atoms with van der Waals surface area (Å²) in [7, 11) is 0. The zero-order valence-corrected chi connectivity index (χ0v) is 10.1. The number of hydrogen-bond acceptors (Lipinski definition) is 3. The first-order valence-electron chi connectivity index (χ1n) is 6.30. The molecule has 1 unspecified atom stereocenters. The minimum Gasteiger partial charge on any atom is -0.352 e. The van der Waals surface area contributed by atoms with Crippen LogP contribution in [0.2, 0.25) is 0 Å². The predicted octanol–water partition coefficient (Wildman–Crippen LogP) is 0.532. The number of aromatic nitrogens is 2. The topological polar surface area (TPSA) is 59.0 Å². The standard InChI is InChI=1S/C12H20N4O/c17-12(4-7-16-8-6-14-10-16)15-11-3-1-2-5-13-9-11/h6,8,10-11,13H,1-5,7,9H2,(H,15,17). The van der Waals surface area contributed by atoms with Crippen LogP contribution in [0, 0.1) is 0 Å². The first kappa shape index (κ1) is 12.1. The average Bonchev–Trinajstić information content (AvgIpc) is 2.72. The van der Waals surface area contributed by atoms with Gasteiger partial charge in [0.05, 0.1) is 6.33 Å². The van der Waals surface area contributed by atoms with Crippen LogP contribution in [0.1, 0.15) is 25.7 Å². The fourth-order valence-electron chi connectivity index (χ4n) is 2.09. The lowest BCUT2D eigenvalue weighted by molar-refractivity contribution is -0.122. The van der Waals surface area contributed by atoms with E-state index in [9.17, 15) is 4.79 Å². The van der Waals surface area contributed by atoms with Crippen LogP contribution in [0.5, 0.6) is 0 Å². The van der Waals surface area contributed by atoms with Crippen LogP contribution in [0.25, 0.3) is 0 Å². The van der Waals surface area contributed by atoms with E-state index in [1.165, 1.54) is 12.8 Å². The van der Waals surface area contributed by atoms with E-state index >= 15 is 0 Å². The van der Waals surface area contributed by atoms with Gasteiger partial charge >= 0.3 is 0 Å². The molecule has 1 fully saturated rings. The maximum Gasteiger partial charge on any atom is 0.222 e. The molecule has 1 amide bonds. The third-order valence-electron chi connectivity index (χ3n) is 3.07. The Labute approximate surface area is 102 Å². The highest BCUT2D eigenvalue weighted by atomic mass is 16.1. The molecule has 0 spiro atoms. The zero-order valence-electron chi connectivity index (χ0n) is 10.1. The van der Waals surface area contributed by atoms with Gasteiger partial charge < -0.3 is 15.2 Å². The van der Waals surface area contributed by atoms with Crippen LogP contribution < -0.4 is 10.6 Å². The van der Waals surface area contributed by atoms with Gasteiger partial charge in [0.15, 0.2) is 0 Å². The lowest BCUT2D eigenvalue weighted by atomic mass is 10.1. The maximum absolute atomic E-state index is 11.7. The number of hydrogen-bond donors (Lipinski definition) is 2. The zero-order chi connectivity index (χ0) is 11.9. The summed E-state index contributed by atoms with van der Waals surface area (Å²) >= 11 is 0. The van der Waals surface area contributed by atoms with Crippen LogP contribution in [-0.4, -0.2) is 34.6 Å². The molecule has 2 heterocycles. The molecule has 1 saturated heterocycles. The Morgan fingerprint density at radius 1 is 1.53 bits per heavy atom. The van der Waals surface area contributed by atoms with Gasteiger partial charge in [-0.3, -0.25) is 4.79 Å². The number of aryl methyl sites for hydroxylation is 1. The third kappa shape index (κ3) is 4.19. The van der Waals surface area contributed by atoms with Crippen molar-refractivity contribution in [3.05, 3.63) is 18.7 Å². The first-order chi connectivity index (χ1) is 8.34. The molecule has 5 nitrogen and oxygen atoms in total. The number of rotatable bonds is 4. The second-order valence-corrected chi connectivity index (χ2v) is 4.51. The van der Waals surface area contributed by atoms with Gasteiger partial charge in [0.2, 0.25) is 5.91 Å². The molecule has 0 bridgehead atoms. The Balaban J connectivity index is 1.69. The molecule has 0 saturated carbocycles. The van der Waals surface area contributed by atoms with Gasteiger partial charge in [0.1, 0.15) is 0 Å². The Morgan fingerprint density at radius 3 is 3.29 bits per heavy atom. The normalized spacial score (nSPS) is 20.8. The lowest BCUT2D eigenvalue weighted by Crippen LogP contribution is -2.41. The summed E-state index contributed by atoms with van der Waals surface area (Å²) in [5, 5.41) is 6.43. The van der Waals surface area contributed by atoms with Gasteiger partial charge in [-0.1, -0.05) is 6.42 Å². The third-order valence-corrected chi connectivity index (χ3v) is 3.07. The minimum atomic E-state index is 0.132. The molecule has 94 valence electrons. The van der Waals surface area contributed by atoms with Gasteiger partial charge in [-0.2, -0.15) is 0 Å². The van der Waals surface area contributed by atoms with E-state index < -0.39 is 0 Å². The molecular formula is C12H20N4O. The van der Waals surface area contributed by atoms with Crippen LogP contribution in [0.15, 0.2) is 18.7 Å². The second kappa shape index (κ2) is 6.39. The summed E-state index contributed by atoms with van der Waals surface area (Å²) in [4.78, 5) is 15.7. The van der Waals surface area contributed by atoms with Gasteiger partial charge in [-0.25, -0.2) is 4.98 Å². The van der Waals surface area contributed by atoms with E-state index in [0.717, 1.165) is 19.5 Å². The highest BCUT2D eigenvalue weighted by Gasteiger charge is 2.13. The molecule has 0 aliphatic carbocycles. The van der Waals surface area contributed by atoms with Crippen molar-refractivity contribution in [1.82, 2.24) is 20.2 Å². The summed E-state index contributed by atoms with van der Waals surface area (Å²) < 4.78 is 1.92. The number of imidazole rings is 1. The fourth-order valence-corrected chi connectivity index (χ4v) is 2.09. The molecule has 17 heavy (non-hydrogen) atoms. The summed E-state index contributed by atoms with van der Waals surface area (Å²) in [6.07, 6.45) is 9.35. The summed E-state index contributed by atoms with van der Waals surface area (Å²) in [5.41, 5.74) is 0. The molecule has 1 aromatic rings. The van der Waals surface area contributed by atoms with E-state index in [2.05, 4.69) is 15.6 Å². The first-order valence-corrected chi connectivity index (χ1v) is 6.30. The van der Waals surface area contributed by atoms with Crippen molar-refractivity contribution in [1.29, 1.82) is 0 Å². The maximum atomic E-state index is 11.7. The number of carbonyl (C=O) groups excluding carboxylic acids is 1. The number of amides is 1. The van der Waals surface area contributed by atoms with E-state index in [4.69, 9.17) is 0 Å². The lowest BCUT2D eigenvalue weighted by Gasteiger charge is -2.16. The average molecular weight is 236 g/mol. The highest BCUT2D eigenvalue weighted by molar-refractivity contribution is 5.76. The van der Waals surface area contributed by atoms with Gasteiger partial charge in [-0.15, -0.1) is 0 Å². The van der Waals surface area contributed by atoms with Gasteiger partial charge in [0.25, 0.3) is 0 Å². The SMILES string of the molecule is O=C(CCn1ccnc1)NC1CCCCNC1. The minimum absolute atomic E-state index is 0.132. The van der Waals surface area contributed by atoms with Crippen LogP contribution in [0.4, 0.5) is 0 Å². The second-order valence-electron chi connectivity index (χ2n) is 4.51. The van der Waals surface area contributed by atoms with Crippen LogP contribution in [-0.2, 0) is 11.3 Å². The van der Waals surface area contributed by atoms with E-state index in [-0.39, 0.29) is 5.91 Å². The quantitative estimate of drug-likeness (QED) is 0.802. The molecule has 1 atom stereocenters. The smallest absolute Gasteiger partial charge is 0.222 e. The Kier molecular flexibility index (Phi) is 4.55. The van der Waals surface area contributed by atoms with Crippen molar-refractivity contribution in [3.8, 4) is 0 Å². The largest absolute Gasteiger partial charge is 0.352 e. The molecule has 0 aromatic carbocycles. The molecule has 1 aliphatic rings. The van der Waals surface area contributed by atoms with Crippen LogP contribution >= 0.6 is 0 Å². The predicted molar refractivity (Wildman–Crippen MR) is 65.5 cm³/mol. The molecule has 1 aliphatic heterocycles. The van der Waals surface area contributed by atoms with E-state index in [0.29, 0.717) is 19.0 Å². The summed E-state index contributed by atoms with van der Waals surface area (Å²) in [6, 6.07) is 0.299. The van der Waals surface area contributed by atoms with Crippen LogP contribution in [0.3, 0.4) is 0 Å². The van der Waals surface area contributed by atoms with Crippen molar-refractivity contribution >= 4 is 5.91 Å². The van der Waals surface area contributed by atoms with E-state index in [1.54, 1.807) is 12.5 Å². The number of nitrogens with zero attached hydrogens (tertiary/aromatic N) is 2. The summed E-state index contributed by atoms with van der Waals surface area (Å²) in [5.74, 6) is 0.132. The van der Waals surface area contributed by atoms with Crippen molar-refractivity contribution in [2.45, 2.75) is 38.3 Å². The number of nitrogens with one attached hydrogen (secondary N) is 2. The summed E-state index contributed by atoms with van der Waals surface area (Å²) in [6.45, 7) is 2.67. The van der Waals surface area contributed by atoms with Crippen molar-refractivity contribution in [2.75, 3.05) is 13.1 Å². The molecular weight excluding hydrogens is 216 g/mol.